The van der Waals surface area contributed by atoms with Gasteiger partial charge in [-0.25, -0.2) is 0 Å². The number of hydrogen-bond acceptors (Lipinski definition) is 2. The molecule has 0 radical (unpaired) electrons. The first-order chi connectivity index (χ1) is 7.16. The maximum atomic E-state index is 12.1. The lowest BCUT2D eigenvalue weighted by molar-refractivity contribution is -0.133. The molecular weight excluding hydrogens is 200 g/mol. The Morgan fingerprint density at radius 3 is 2.25 bits per heavy atom. The normalized spacial score (nSPS) is 14.1. The van der Waals surface area contributed by atoms with Crippen molar-refractivity contribution < 1.29 is 4.79 Å². The summed E-state index contributed by atoms with van der Waals surface area (Å²) in [6, 6.07) is 0.0409. The zero-order valence-corrected chi connectivity index (χ0v) is 11.1. The number of nitrogens with one attached hydrogen (secondary N) is 1. The average molecular weight is 224 g/mol. The maximum Gasteiger partial charge on any atom is 0.227 e. The second-order valence-corrected chi connectivity index (χ2v) is 5.33. The molecule has 0 rings (SSSR count). The highest BCUT2D eigenvalue weighted by atomic mass is 16.2. The zero-order chi connectivity index (χ0) is 13.0. The maximum absolute atomic E-state index is 12.1. The van der Waals surface area contributed by atoms with Crippen molar-refractivity contribution >= 4 is 5.91 Å². The Morgan fingerprint density at radius 2 is 1.94 bits per heavy atom. The van der Waals surface area contributed by atoms with Gasteiger partial charge >= 0.3 is 0 Å². The Labute approximate surface area is 99.2 Å². The number of amides is 1. The summed E-state index contributed by atoms with van der Waals surface area (Å²) in [5, 5.41) is 2.95. The van der Waals surface area contributed by atoms with Crippen molar-refractivity contribution in [1.29, 1.82) is 0 Å². The fourth-order valence-corrected chi connectivity index (χ4v) is 1.10. The molecule has 0 aromatic heterocycles. The molecule has 3 nitrogen and oxygen atoms in total. The highest BCUT2D eigenvalue weighted by molar-refractivity contribution is 5.83. The van der Waals surface area contributed by atoms with Gasteiger partial charge in [-0.3, -0.25) is 4.79 Å². The fraction of sp³-hybridized carbons (Fsp3) is 0.769. The highest BCUT2D eigenvalue weighted by Gasteiger charge is 2.40. The van der Waals surface area contributed by atoms with Crippen molar-refractivity contribution in [1.82, 2.24) is 5.32 Å². The first-order valence-corrected chi connectivity index (χ1v) is 5.70. The van der Waals surface area contributed by atoms with Gasteiger partial charge in [0, 0.05) is 18.0 Å². The summed E-state index contributed by atoms with van der Waals surface area (Å²) in [6.07, 6.45) is 6.64. The van der Waals surface area contributed by atoms with Gasteiger partial charge in [0.2, 0.25) is 5.91 Å². The first-order valence-electron chi connectivity index (χ1n) is 5.70. The van der Waals surface area contributed by atoms with Gasteiger partial charge in [0.15, 0.2) is 0 Å². The van der Waals surface area contributed by atoms with E-state index in [2.05, 4.69) is 11.2 Å². The summed E-state index contributed by atoms with van der Waals surface area (Å²) in [6.45, 7) is 9.42. The lowest BCUT2D eigenvalue weighted by Gasteiger charge is -2.37. The smallest absolute Gasteiger partial charge is 0.227 e. The van der Waals surface area contributed by atoms with Gasteiger partial charge in [-0.2, -0.15) is 0 Å². The molecule has 0 spiro atoms. The second kappa shape index (κ2) is 5.36. The highest BCUT2D eigenvalue weighted by Crippen LogP contribution is 2.28. The van der Waals surface area contributed by atoms with Gasteiger partial charge in [0.05, 0.1) is 5.41 Å². The molecule has 1 amide bonds. The van der Waals surface area contributed by atoms with Crippen LogP contribution in [0.1, 0.15) is 47.5 Å². The van der Waals surface area contributed by atoms with Crippen LogP contribution in [-0.4, -0.2) is 17.5 Å². The second-order valence-electron chi connectivity index (χ2n) is 5.33. The van der Waals surface area contributed by atoms with Crippen molar-refractivity contribution in [3.63, 3.8) is 0 Å². The number of carbonyl (C=O) groups is 1. The number of rotatable bonds is 5. The van der Waals surface area contributed by atoms with E-state index >= 15 is 0 Å². The van der Waals surface area contributed by atoms with E-state index in [1.807, 2.05) is 34.6 Å². The molecule has 0 aromatic carbocycles. The molecule has 3 heteroatoms. The van der Waals surface area contributed by atoms with Crippen LogP contribution in [0.15, 0.2) is 0 Å². The van der Waals surface area contributed by atoms with E-state index in [-0.39, 0.29) is 11.9 Å². The Morgan fingerprint density at radius 1 is 1.44 bits per heavy atom. The molecule has 1 unspecified atom stereocenters. The first kappa shape index (κ1) is 15.0. The minimum absolute atomic E-state index is 0.0397. The van der Waals surface area contributed by atoms with Crippen LogP contribution in [-0.2, 0) is 4.79 Å². The van der Waals surface area contributed by atoms with Crippen molar-refractivity contribution in [2.75, 3.05) is 0 Å². The molecule has 0 bridgehead atoms. The van der Waals surface area contributed by atoms with Gasteiger partial charge in [-0.15, -0.1) is 12.3 Å². The molecule has 0 fully saturated rings. The third-order valence-corrected chi connectivity index (χ3v) is 3.37. The van der Waals surface area contributed by atoms with Crippen LogP contribution < -0.4 is 11.1 Å². The average Bonchev–Trinajstić information content (AvgIpc) is 2.15. The molecule has 0 aliphatic carbocycles. The topological polar surface area (TPSA) is 55.1 Å². The van der Waals surface area contributed by atoms with Gasteiger partial charge in [-0.05, 0) is 34.1 Å². The van der Waals surface area contributed by atoms with Crippen molar-refractivity contribution in [2.24, 2.45) is 11.1 Å². The largest absolute Gasteiger partial charge is 0.352 e. The summed E-state index contributed by atoms with van der Waals surface area (Å²) in [5.41, 5.74) is 4.82. The lowest BCUT2D eigenvalue weighted by Crippen LogP contribution is -2.57. The van der Waals surface area contributed by atoms with E-state index in [0.717, 1.165) is 6.42 Å². The van der Waals surface area contributed by atoms with E-state index in [1.54, 1.807) is 0 Å². The van der Waals surface area contributed by atoms with E-state index in [0.29, 0.717) is 6.42 Å². The van der Waals surface area contributed by atoms with Crippen LogP contribution in [0.4, 0.5) is 0 Å². The number of hydrogen-bond donors (Lipinski definition) is 2. The SMILES string of the molecule is C#CCC(CC)NC(=O)C(C)(C)C(C)(C)N. The Balaban J connectivity index is 4.64. The van der Waals surface area contributed by atoms with Gasteiger partial charge in [0.25, 0.3) is 0 Å². The van der Waals surface area contributed by atoms with Crippen molar-refractivity contribution in [2.45, 2.75) is 59.0 Å². The Bertz CT molecular complexity index is 281. The predicted octanol–water partition coefficient (Wildman–Crippen LogP) is 1.67. The van der Waals surface area contributed by atoms with E-state index < -0.39 is 11.0 Å². The standard InChI is InChI=1S/C13H24N2O/c1-7-9-10(8-2)15-11(16)12(3,4)13(5,6)14/h1,10H,8-9,14H2,2-6H3,(H,15,16). The number of nitrogens with two attached hydrogens (primary N) is 1. The van der Waals surface area contributed by atoms with Gasteiger partial charge in [-0.1, -0.05) is 6.92 Å². The minimum atomic E-state index is -0.616. The third-order valence-electron chi connectivity index (χ3n) is 3.37. The van der Waals surface area contributed by atoms with E-state index in [1.165, 1.54) is 0 Å². The quantitative estimate of drug-likeness (QED) is 0.698. The monoisotopic (exact) mass is 224 g/mol. The predicted molar refractivity (Wildman–Crippen MR) is 67.7 cm³/mol. The molecular formula is C13H24N2O. The van der Waals surface area contributed by atoms with Gasteiger partial charge < -0.3 is 11.1 Å². The molecule has 3 N–H and O–H groups in total. The van der Waals surface area contributed by atoms with Crippen molar-refractivity contribution in [3.05, 3.63) is 0 Å². The lowest BCUT2D eigenvalue weighted by atomic mass is 9.74. The van der Waals surface area contributed by atoms with Crippen LogP contribution >= 0.6 is 0 Å². The van der Waals surface area contributed by atoms with Crippen molar-refractivity contribution in [3.8, 4) is 12.3 Å². The van der Waals surface area contributed by atoms with E-state index in [4.69, 9.17) is 12.2 Å². The fourth-order valence-electron chi connectivity index (χ4n) is 1.10. The molecule has 0 aliphatic heterocycles. The molecule has 0 aromatic rings. The van der Waals surface area contributed by atoms with Crippen LogP contribution in [0.3, 0.4) is 0 Å². The molecule has 16 heavy (non-hydrogen) atoms. The summed E-state index contributed by atoms with van der Waals surface area (Å²) in [5.74, 6) is 2.53. The minimum Gasteiger partial charge on any atom is -0.352 e. The van der Waals surface area contributed by atoms with Gasteiger partial charge in [0.1, 0.15) is 0 Å². The summed E-state index contributed by atoms with van der Waals surface area (Å²) < 4.78 is 0. The molecule has 92 valence electrons. The van der Waals surface area contributed by atoms with Crippen LogP contribution in [0.2, 0.25) is 0 Å². The third kappa shape index (κ3) is 3.53. The molecule has 1 atom stereocenters. The molecule has 0 heterocycles. The number of carbonyl (C=O) groups excluding carboxylic acids is 1. The Kier molecular flexibility index (Phi) is 5.02. The molecule has 0 aliphatic rings. The van der Waals surface area contributed by atoms with Crippen LogP contribution in [0, 0.1) is 17.8 Å². The van der Waals surface area contributed by atoms with Crippen LogP contribution in [0.5, 0.6) is 0 Å². The summed E-state index contributed by atoms with van der Waals surface area (Å²) in [7, 11) is 0. The molecule has 0 saturated carbocycles. The summed E-state index contributed by atoms with van der Waals surface area (Å²) >= 11 is 0. The molecule has 0 saturated heterocycles. The van der Waals surface area contributed by atoms with E-state index in [9.17, 15) is 4.79 Å². The summed E-state index contributed by atoms with van der Waals surface area (Å²) in [4.78, 5) is 12.1. The Hall–Kier alpha value is -1.01. The van der Waals surface area contributed by atoms with Crippen LogP contribution in [0.25, 0.3) is 0 Å². The number of terminal acetylenes is 1. The zero-order valence-electron chi connectivity index (χ0n) is 11.1.